The van der Waals surface area contributed by atoms with Crippen molar-refractivity contribution in [2.75, 3.05) is 52.3 Å². The average molecular weight is 398 g/mol. The molecule has 0 spiro atoms. The van der Waals surface area contributed by atoms with Gasteiger partial charge in [0.2, 0.25) is 5.91 Å². The maximum atomic E-state index is 12.4. The lowest BCUT2D eigenvalue weighted by atomic mass is 10.1. The highest BCUT2D eigenvalue weighted by Crippen LogP contribution is 2.28. The second-order valence-corrected chi connectivity index (χ2v) is 7.34. The Balaban J connectivity index is 1.46. The van der Waals surface area contributed by atoms with E-state index < -0.39 is 0 Å². The first-order chi connectivity index (χ1) is 14.1. The summed E-state index contributed by atoms with van der Waals surface area (Å²) in [5.41, 5.74) is 3.30. The molecule has 0 atom stereocenters. The molecule has 0 unspecified atom stereocenters. The van der Waals surface area contributed by atoms with E-state index in [-0.39, 0.29) is 5.91 Å². The standard InChI is InChI=1S/C23H31N3O3/c1-4-18-6-5-7-20(14-18)24-23(27)17-26-12-10-25(11-13-26)16-19-8-9-21(28-2)22(15-19)29-3/h5-9,14-15H,4,10-13,16-17H2,1-3H3,(H,24,27). The van der Waals surface area contributed by atoms with E-state index in [4.69, 9.17) is 9.47 Å². The van der Waals surface area contributed by atoms with Crippen LogP contribution in [0.1, 0.15) is 18.1 Å². The molecule has 1 saturated heterocycles. The first-order valence-electron chi connectivity index (χ1n) is 10.2. The average Bonchev–Trinajstić information content (AvgIpc) is 2.75. The minimum Gasteiger partial charge on any atom is -0.493 e. The van der Waals surface area contributed by atoms with Gasteiger partial charge in [0, 0.05) is 38.4 Å². The molecule has 6 heteroatoms. The van der Waals surface area contributed by atoms with E-state index >= 15 is 0 Å². The highest BCUT2D eigenvalue weighted by molar-refractivity contribution is 5.92. The zero-order chi connectivity index (χ0) is 20.6. The fourth-order valence-electron chi connectivity index (χ4n) is 3.62. The Bertz CT molecular complexity index is 817. The molecular formula is C23H31N3O3. The Kier molecular flexibility index (Phi) is 7.49. The van der Waals surface area contributed by atoms with Crippen molar-refractivity contribution in [2.24, 2.45) is 0 Å². The van der Waals surface area contributed by atoms with E-state index in [1.165, 1.54) is 11.1 Å². The van der Waals surface area contributed by atoms with E-state index in [0.717, 1.165) is 56.3 Å². The molecule has 2 aromatic carbocycles. The molecule has 0 saturated carbocycles. The molecule has 3 rings (SSSR count). The van der Waals surface area contributed by atoms with Gasteiger partial charge in [-0.1, -0.05) is 25.1 Å². The largest absolute Gasteiger partial charge is 0.493 e. The molecule has 1 amide bonds. The van der Waals surface area contributed by atoms with Crippen LogP contribution in [-0.4, -0.2) is 62.7 Å². The van der Waals surface area contributed by atoms with E-state index in [2.05, 4.69) is 34.2 Å². The van der Waals surface area contributed by atoms with Crippen molar-refractivity contribution >= 4 is 11.6 Å². The van der Waals surface area contributed by atoms with E-state index in [9.17, 15) is 4.79 Å². The van der Waals surface area contributed by atoms with Crippen LogP contribution in [0.3, 0.4) is 0 Å². The van der Waals surface area contributed by atoms with Gasteiger partial charge < -0.3 is 14.8 Å². The van der Waals surface area contributed by atoms with Gasteiger partial charge >= 0.3 is 0 Å². The lowest BCUT2D eigenvalue weighted by molar-refractivity contribution is -0.117. The summed E-state index contributed by atoms with van der Waals surface area (Å²) in [5, 5.41) is 3.02. The summed E-state index contributed by atoms with van der Waals surface area (Å²) < 4.78 is 10.7. The number of benzene rings is 2. The van der Waals surface area contributed by atoms with Gasteiger partial charge in [0.1, 0.15) is 0 Å². The smallest absolute Gasteiger partial charge is 0.238 e. The molecule has 0 aliphatic carbocycles. The highest BCUT2D eigenvalue weighted by atomic mass is 16.5. The summed E-state index contributed by atoms with van der Waals surface area (Å²) in [5.74, 6) is 1.55. The zero-order valence-corrected chi connectivity index (χ0v) is 17.6. The van der Waals surface area contributed by atoms with Crippen molar-refractivity contribution in [3.05, 3.63) is 53.6 Å². The van der Waals surface area contributed by atoms with Crippen molar-refractivity contribution in [3.63, 3.8) is 0 Å². The second-order valence-electron chi connectivity index (χ2n) is 7.34. The predicted octanol–water partition coefficient (Wildman–Crippen LogP) is 3.02. The number of ether oxygens (including phenoxy) is 2. The number of methoxy groups -OCH3 is 2. The summed E-state index contributed by atoms with van der Waals surface area (Å²) >= 11 is 0. The third kappa shape index (κ3) is 5.95. The van der Waals surface area contributed by atoms with Gasteiger partial charge in [0.05, 0.1) is 20.8 Å². The number of piperazine rings is 1. The van der Waals surface area contributed by atoms with Crippen LogP contribution in [0.25, 0.3) is 0 Å². The SMILES string of the molecule is CCc1cccc(NC(=O)CN2CCN(Cc3ccc(OC)c(OC)c3)CC2)c1. The van der Waals surface area contributed by atoms with Gasteiger partial charge in [0.25, 0.3) is 0 Å². The molecule has 1 heterocycles. The second kappa shape index (κ2) is 10.3. The predicted molar refractivity (Wildman–Crippen MR) is 116 cm³/mol. The normalized spacial score (nSPS) is 15.1. The summed E-state index contributed by atoms with van der Waals surface area (Å²) in [6, 6.07) is 14.1. The Hall–Kier alpha value is -2.57. The lowest BCUT2D eigenvalue weighted by Gasteiger charge is -2.34. The molecule has 1 fully saturated rings. The first kappa shape index (κ1) is 21.1. The molecule has 1 aliphatic rings. The number of carbonyl (C=O) groups is 1. The lowest BCUT2D eigenvalue weighted by Crippen LogP contribution is -2.48. The number of aryl methyl sites for hydroxylation is 1. The minimum absolute atomic E-state index is 0.0478. The molecule has 156 valence electrons. The summed E-state index contributed by atoms with van der Waals surface area (Å²) in [4.78, 5) is 17.0. The molecular weight excluding hydrogens is 366 g/mol. The monoisotopic (exact) mass is 397 g/mol. The van der Waals surface area contributed by atoms with Crippen molar-refractivity contribution < 1.29 is 14.3 Å². The van der Waals surface area contributed by atoms with Crippen LogP contribution in [0.2, 0.25) is 0 Å². The number of carbonyl (C=O) groups excluding carboxylic acids is 1. The topological polar surface area (TPSA) is 54.0 Å². The Morgan fingerprint density at radius 3 is 2.34 bits per heavy atom. The summed E-state index contributed by atoms with van der Waals surface area (Å²) in [7, 11) is 3.30. The number of nitrogens with zero attached hydrogens (tertiary/aromatic N) is 2. The summed E-state index contributed by atoms with van der Waals surface area (Å²) in [6.07, 6.45) is 0.964. The van der Waals surface area contributed by atoms with Gasteiger partial charge in [-0.3, -0.25) is 14.6 Å². The van der Waals surface area contributed by atoms with Crippen molar-refractivity contribution in [1.82, 2.24) is 9.80 Å². The molecule has 0 bridgehead atoms. The number of nitrogens with one attached hydrogen (secondary N) is 1. The van der Waals surface area contributed by atoms with E-state index in [1.807, 2.05) is 30.3 Å². The third-order valence-electron chi connectivity index (χ3n) is 5.31. The zero-order valence-electron chi connectivity index (χ0n) is 17.6. The Morgan fingerprint density at radius 2 is 1.66 bits per heavy atom. The number of hydrogen-bond donors (Lipinski definition) is 1. The van der Waals surface area contributed by atoms with Gasteiger partial charge in [-0.05, 0) is 41.8 Å². The van der Waals surface area contributed by atoms with Crippen molar-refractivity contribution in [1.29, 1.82) is 0 Å². The number of hydrogen-bond acceptors (Lipinski definition) is 5. The first-order valence-corrected chi connectivity index (χ1v) is 10.2. The van der Waals surface area contributed by atoms with E-state index in [0.29, 0.717) is 6.54 Å². The fourth-order valence-corrected chi connectivity index (χ4v) is 3.62. The molecule has 1 N–H and O–H groups in total. The van der Waals surface area contributed by atoms with Crippen LogP contribution in [0, 0.1) is 0 Å². The number of anilines is 1. The Morgan fingerprint density at radius 1 is 0.931 bits per heavy atom. The molecule has 0 radical (unpaired) electrons. The minimum atomic E-state index is 0.0478. The van der Waals surface area contributed by atoms with Gasteiger partial charge in [-0.25, -0.2) is 0 Å². The van der Waals surface area contributed by atoms with Gasteiger partial charge in [-0.2, -0.15) is 0 Å². The van der Waals surface area contributed by atoms with Gasteiger partial charge in [0.15, 0.2) is 11.5 Å². The summed E-state index contributed by atoms with van der Waals surface area (Å²) in [6.45, 7) is 7.05. The van der Waals surface area contributed by atoms with Crippen LogP contribution in [0.5, 0.6) is 11.5 Å². The van der Waals surface area contributed by atoms with Crippen molar-refractivity contribution in [2.45, 2.75) is 19.9 Å². The highest BCUT2D eigenvalue weighted by Gasteiger charge is 2.19. The molecule has 2 aromatic rings. The molecule has 1 aliphatic heterocycles. The van der Waals surface area contributed by atoms with Crippen LogP contribution in [0.15, 0.2) is 42.5 Å². The van der Waals surface area contributed by atoms with Crippen LogP contribution in [0.4, 0.5) is 5.69 Å². The number of amides is 1. The van der Waals surface area contributed by atoms with Gasteiger partial charge in [-0.15, -0.1) is 0 Å². The van der Waals surface area contributed by atoms with Crippen molar-refractivity contribution in [3.8, 4) is 11.5 Å². The third-order valence-corrected chi connectivity index (χ3v) is 5.31. The quantitative estimate of drug-likeness (QED) is 0.742. The maximum absolute atomic E-state index is 12.4. The molecule has 0 aromatic heterocycles. The van der Waals surface area contributed by atoms with Crippen LogP contribution >= 0.6 is 0 Å². The fraction of sp³-hybridized carbons (Fsp3) is 0.435. The van der Waals surface area contributed by atoms with Crippen LogP contribution in [-0.2, 0) is 17.8 Å². The molecule has 6 nitrogen and oxygen atoms in total. The maximum Gasteiger partial charge on any atom is 0.238 e. The Labute approximate surface area is 173 Å². The van der Waals surface area contributed by atoms with E-state index in [1.54, 1.807) is 14.2 Å². The van der Waals surface area contributed by atoms with Crippen LogP contribution < -0.4 is 14.8 Å². The number of rotatable bonds is 8. The molecule has 29 heavy (non-hydrogen) atoms.